The molecule has 1 saturated heterocycles. The van der Waals surface area contributed by atoms with Gasteiger partial charge in [0, 0.05) is 13.1 Å². The number of aryl methyl sites for hydroxylation is 1. The average molecular weight is 207 g/mol. The van der Waals surface area contributed by atoms with Crippen LogP contribution in [0.5, 0.6) is 0 Å². The van der Waals surface area contributed by atoms with Gasteiger partial charge in [0.2, 0.25) is 0 Å². The van der Waals surface area contributed by atoms with Crippen LogP contribution in [0.2, 0.25) is 0 Å². The Kier molecular flexibility index (Phi) is 2.71. The molecule has 0 aromatic heterocycles. The molecule has 0 aliphatic carbocycles. The molecule has 1 fully saturated rings. The van der Waals surface area contributed by atoms with Gasteiger partial charge in [-0.05, 0) is 31.4 Å². The second-order valence-electron chi connectivity index (χ2n) is 3.94. The van der Waals surface area contributed by atoms with E-state index in [-0.39, 0.29) is 17.3 Å². The average Bonchev–Trinajstić information content (AvgIpc) is 2.74. The first-order chi connectivity index (χ1) is 7.20. The molecular weight excluding hydrogens is 193 g/mol. The van der Waals surface area contributed by atoms with Gasteiger partial charge < -0.3 is 4.90 Å². The Hall–Kier alpha value is -1.38. The summed E-state index contributed by atoms with van der Waals surface area (Å²) in [5.74, 6) is -0.553. The smallest absolute Gasteiger partial charge is 0.256 e. The van der Waals surface area contributed by atoms with Crippen molar-refractivity contribution in [2.75, 3.05) is 13.1 Å². The van der Waals surface area contributed by atoms with Crippen LogP contribution in [-0.4, -0.2) is 23.9 Å². The number of nitrogens with zero attached hydrogens (tertiary/aromatic N) is 1. The first-order valence-electron chi connectivity index (χ1n) is 5.24. The Balaban J connectivity index is 2.28. The summed E-state index contributed by atoms with van der Waals surface area (Å²) in [4.78, 5) is 13.6. The third-order valence-corrected chi connectivity index (χ3v) is 2.82. The number of benzene rings is 1. The van der Waals surface area contributed by atoms with Crippen molar-refractivity contribution in [3.05, 3.63) is 35.1 Å². The number of hydrogen-bond acceptors (Lipinski definition) is 1. The lowest BCUT2D eigenvalue weighted by atomic mass is 10.1. The number of carbonyl (C=O) groups excluding carboxylic acids is 1. The van der Waals surface area contributed by atoms with Crippen LogP contribution in [0, 0.1) is 12.7 Å². The maximum atomic E-state index is 13.7. The van der Waals surface area contributed by atoms with E-state index >= 15 is 0 Å². The minimum Gasteiger partial charge on any atom is -0.339 e. The van der Waals surface area contributed by atoms with Crippen molar-refractivity contribution in [1.82, 2.24) is 4.90 Å². The number of hydrogen-bond donors (Lipinski definition) is 0. The number of carbonyl (C=O) groups is 1. The highest BCUT2D eigenvalue weighted by Gasteiger charge is 2.22. The van der Waals surface area contributed by atoms with Crippen LogP contribution < -0.4 is 0 Å². The van der Waals surface area contributed by atoms with Crippen LogP contribution in [0.4, 0.5) is 4.39 Å². The Bertz CT molecular complexity index is 383. The molecule has 1 amide bonds. The normalized spacial score (nSPS) is 15.7. The molecule has 0 bridgehead atoms. The van der Waals surface area contributed by atoms with Gasteiger partial charge in [0.15, 0.2) is 0 Å². The van der Waals surface area contributed by atoms with Crippen molar-refractivity contribution in [2.24, 2.45) is 0 Å². The van der Waals surface area contributed by atoms with Gasteiger partial charge in [-0.3, -0.25) is 4.79 Å². The fourth-order valence-corrected chi connectivity index (χ4v) is 1.90. The van der Waals surface area contributed by atoms with Gasteiger partial charge in [-0.25, -0.2) is 4.39 Å². The van der Waals surface area contributed by atoms with E-state index in [9.17, 15) is 9.18 Å². The van der Waals surface area contributed by atoms with E-state index in [0.29, 0.717) is 5.56 Å². The lowest BCUT2D eigenvalue weighted by molar-refractivity contribution is 0.0788. The standard InChI is InChI=1S/C12H14FNO/c1-9-5-4-6-10(11(9)13)12(15)14-7-2-3-8-14/h4-6H,2-3,7-8H2,1H3. The first-order valence-corrected chi connectivity index (χ1v) is 5.24. The van der Waals surface area contributed by atoms with E-state index < -0.39 is 0 Å². The molecular formula is C12H14FNO. The zero-order valence-electron chi connectivity index (χ0n) is 8.79. The van der Waals surface area contributed by atoms with Gasteiger partial charge in [-0.15, -0.1) is 0 Å². The predicted molar refractivity (Wildman–Crippen MR) is 56.3 cm³/mol. The van der Waals surface area contributed by atoms with Gasteiger partial charge >= 0.3 is 0 Å². The van der Waals surface area contributed by atoms with E-state index in [2.05, 4.69) is 0 Å². The highest BCUT2D eigenvalue weighted by atomic mass is 19.1. The van der Waals surface area contributed by atoms with E-state index in [0.717, 1.165) is 25.9 Å². The highest BCUT2D eigenvalue weighted by molar-refractivity contribution is 5.94. The monoisotopic (exact) mass is 207 g/mol. The van der Waals surface area contributed by atoms with E-state index in [1.807, 2.05) is 0 Å². The van der Waals surface area contributed by atoms with Crippen LogP contribution in [0.1, 0.15) is 28.8 Å². The van der Waals surface area contributed by atoms with Crippen molar-refractivity contribution >= 4 is 5.91 Å². The first kappa shape index (κ1) is 10.1. The van der Waals surface area contributed by atoms with Gasteiger partial charge in [0.05, 0.1) is 5.56 Å². The maximum absolute atomic E-state index is 13.7. The maximum Gasteiger partial charge on any atom is 0.256 e. The molecule has 1 aromatic carbocycles. The molecule has 0 radical (unpaired) electrons. The van der Waals surface area contributed by atoms with Crippen LogP contribution in [0.3, 0.4) is 0 Å². The van der Waals surface area contributed by atoms with Crippen molar-refractivity contribution in [1.29, 1.82) is 0 Å². The summed E-state index contributed by atoms with van der Waals surface area (Å²) in [5.41, 5.74) is 0.733. The summed E-state index contributed by atoms with van der Waals surface area (Å²) in [6.07, 6.45) is 2.05. The van der Waals surface area contributed by atoms with Gasteiger partial charge in [0.25, 0.3) is 5.91 Å². The van der Waals surface area contributed by atoms with E-state index in [1.165, 1.54) is 0 Å². The molecule has 0 N–H and O–H groups in total. The molecule has 1 aromatic rings. The quantitative estimate of drug-likeness (QED) is 0.692. The van der Waals surface area contributed by atoms with Crippen molar-refractivity contribution in [3.63, 3.8) is 0 Å². The fraction of sp³-hybridized carbons (Fsp3) is 0.417. The minimum atomic E-state index is -0.380. The lowest BCUT2D eigenvalue weighted by Crippen LogP contribution is -2.28. The molecule has 0 unspecified atom stereocenters. The molecule has 3 heteroatoms. The minimum absolute atomic E-state index is 0.172. The van der Waals surface area contributed by atoms with E-state index in [1.54, 1.807) is 30.0 Å². The molecule has 0 saturated carbocycles. The largest absolute Gasteiger partial charge is 0.339 e. The van der Waals surface area contributed by atoms with Crippen LogP contribution in [0.25, 0.3) is 0 Å². The Labute approximate surface area is 88.7 Å². The number of amides is 1. The third-order valence-electron chi connectivity index (χ3n) is 2.82. The molecule has 0 atom stereocenters. The predicted octanol–water partition coefficient (Wildman–Crippen LogP) is 2.37. The Morgan fingerprint density at radius 3 is 2.67 bits per heavy atom. The molecule has 2 rings (SSSR count). The van der Waals surface area contributed by atoms with E-state index in [4.69, 9.17) is 0 Å². The summed E-state index contributed by atoms with van der Waals surface area (Å²) < 4.78 is 13.7. The van der Waals surface area contributed by atoms with Crippen LogP contribution in [-0.2, 0) is 0 Å². The molecule has 80 valence electrons. The van der Waals surface area contributed by atoms with Gasteiger partial charge in [-0.1, -0.05) is 12.1 Å². The van der Waals surface area contributed by atoms with Gasteiger partial charge in [-0.2, -0.15) is 0 Å². The fourth-order valence-electron chi connectivity index (χ4n) is 1.90. The summed E-state index contributed by atoms with van der Waals surface area (Å²) in [5, 5.41) is 0. The molecule has 15 heavy (non-hydrogen) atoms. The summed E-state index contributed by atoms with van der Waals surface area (Å²) >= 11 is 0. The summed E-state index contributed by atoms with van der Waals surface area (Å²) in [6.45, 7) is 3.19. The lowest BCUT2D eigenvalue weighted by Gasteiger charge is -2.15. The van der Waals surface area contributed by atoms with Crippen molar-refractivity contribution in [3.8, 4) is 0 Å². The Morgan fingerprint density at radius 2 is 2.00 bits per heavy atom. The zero-order chi connectivity index (χ0) is 10.8. The number of likely N-dealkylation sites (tertiary alicyclic amines) is 1. The number of halogens is 1. The highest BCUT2D eigenvalue weighted by Crippen LogP contribution is 2.17. The van der Waals surface area contributed by atoms with Crippen LogP contribution in [0.15, 0.2) is 18.2 Å². The van der Waals surface area contributed by atoms with Gasteiger partial charge in [0.1, 0.15) is 5.82 Å². The summed E-state index contributed by atoms with van der Waals surface area (Å²) in [6, 6.07) is 4.96. The molecule has 1 heterocycles. The second-order valence-corrected chi connectivity index (χ2v) is 3.94. The van der Waals surface area contributed by atoms with Crippen molar-refractivity contribution in [2.45, 2.75) is 19.8 Å². The summed E-state index contributed by atoms with van der Waals surface area (Å²) in [7, 11) is 0. The topological polar surface area (TPSA) is 20.3 Å². The second kappa shape index (κ2) is 4.01. The molecule has 1 aliphatic rings. The molecule has 1 aliphatic heterocycles. The number of rotatable bonds is 1. The molecule has 0 spiro atoms. The zero-order valence-corrected chi connectivity index (χ0v) is 8.79. The third kappa shape index (κ3) is 1.87. The SMILES string of the molecule is Cc1cccc(C(=O)N2CCCC2)c1F. The van der Waals surface area contributed by atoms with Crippen LogP contribution >= 0.6 is 0 Å². The Morgan fingerprint density at radius 1 is 1.33 bits per heavy atom. The van der Waals surface area contributed by atoms with Crippen molar-refractivity contribution < 1.29 is 9.18 Å². The molecule has 2 nitrogen and oxygen atoms in total.